The van der Waals surface area contributed by atoms with Crippen molar-refractivity contribution in [3.05, 3.63) is 42.1 Å². The van der Waals surface area contributed by atoms with Gasteiger partial charge in [-0.3, -0.25) is 0 Å². The van der Waals surface area contributed by atoms with Crippen molar-refractivity contribution in [3.8, 4) is 17.1 Å². The van der Waals surface area contributed by atoms with Crippen LogP contribution in [0.5, 0.6) is 5.75 Å². The maximum Gasteiger partial charge on any atom is 0.573 e. The molecular weight excluding hydrogens is 351 g/mol. The zero-order valence-electron chi connectivity index (χ0n) is 13.8. The van der Waals surface area contributed by atoms with Gasteiger partial charge < -0.3 is 14.4 Å². The predicted molar refractivity (Wildman–Crippen MR) is 87.0 cm³/mol. The molecule has 0 fully saturated rings. The van der Waals surface area contributed by atoms with E-state index in [1.54, 1.807) is 4.57 Å². The molecule has 0 aliphatic rings. The summed E-state index contributed by atoms with van der Waals surface area (Å²) < 4.78 is 42.5. The third kappa shape index (κ3) is 3.46. The minimum absolute atomic E-state index is 0.00591. The van der Waals surface area contributed by atoms with E-state index in [0.717, 1.165) is 0 Å². The Morgan fingerprint density at radius 1 is 1.23 bits per heavy atom. The van der Waals surface area contributed by atoms with Gasteiger partial charge in [-0.25, -0.2) is 14.8 Å². The molecule has 0 spiro atoms. The number of benzene rings is 1. The molecule has 2 heterocycles. The lowest BCUT2D eigenvalue weighted by atomic mass is 10.2. The minimum Gasteiger partial charge on any atom is -0.478 e. The van der Waals surface area contributed by atoms with Gasteiger partial charge >= 0.3 is 12.3 Å². The molecule has 1 N–H and O–H groups in total. The molecule has 136 valence electrons. The average Bonchev–Trinajstić information content (AvgIpc) is 2.92. The Hall–Kier alpha value is -3.10. The summed E-state index contributed by atoms with van der Waals surface area (Å²) in [4.78, 5) is 19.7. The molecule has 0 saturated carbocycles. The first kappa shape index (κ1) is 17.7. The molecule has 0 unspecified atom stereocenters. The molecule has 0 aliphatic carbocycles. The normalized spacial score (nSPS) is 11.9. The van der Waals surface area contributed by atoms with E-state index in [4.69, 9.17) is 5.11 Å². The molecule has 0 radical (unpaired) electrons. The number of rotatable bonds is 4. The molecule has 0 saturated heterocycles. The lowest BCUT2D eigenvalue weighted by molar-refractivity contribution is -0.274. The Morgan fingerprint density at radius 3 is 2.42 bits per heavy atom. The number of fused-ring (bicyclic) bond motifs is 1. The molecule has 3 aromatic rings. The molecule has 2 aromatic heterocycles. The number of carboxylic acid groups (broad SMARTS) is 1. The molecule has 0 aliphatic heterocycles. The highest BCUT2D eigenvalue weighted by Gasteiger charge is 2.31. The number of hydrogen-bond donors (Lipinski definition) is 1. The third-order valence-corrected chi connectivity index (χ3v) is 3.64. The van der Waals surface area contributed by atoms with Gasteiger partial charge in [0.2, 0.25) is 0 Å². The van der Waals surface area contributed by atoms with Gasteiger partial charge in [-0.15, -0.1) is 13.2 Å². The van der Waals surface area contributed by atoms with E-state index in [1.807, 2.05) is 13.8 Å². The number of aromatic nitrogens is 3. The van der Waals surface area contributed by atoms with Gasteiger partial charge in [-0.1, -0.05) is 0 Å². The second-order valence-corrected chi connectivity index (χ2v) is 5.84. The summed E-state index contributed by atoms with van der Waals surface area (Å²) in [6, 6.07) is 6.67. The Kier molecular flexibility index (Phi) is 4.31. The molecule has 0 amide bonds. The molecule has 0 bridgehead atoms. The summed E-state index contributed by atoms with van der Waals surface area (Å²) in [5.41, 5.74) is 1.45. The quantitative estimate of drug-likeness (QED) is 0.747. The van der Waals surface area contributed by atoms with Crippen molar-refractivity contribution in [3.63, 3.8) is 0 Å². The molecule has 0 atom stereocenters. The summed E-state index contributed by atoms with van der Waals surface area (Å²) in [5.74, 6) is -0.975. The lowest BCUT2D eigenvalue weighted by Gasteiger charge is -2.13. The van der Waals surface area contributed by atoms with Gasteiger partial charge in [0, 0.05) is 17.8 Å². The maximum atomic E-state index is 12.3. The molecule has 6 nitrogen and oxygen atoms in total. The highest BCUT2D eigenvalue weighted by molar-refractivity contribution is 5.91. The standard InChI is InChI=1S/C17H14F3N3O3/c1-9(2)23-14(10-3-5-12(6-4-10)26-17(18,19)20)22-13-7-11(16(24)25)8-21-15(13)23/h3-9H,1-2H3,(H,24,25). The van der Waals surface area contributed by atoms with E-state index in [2.05, 4.69) is 14.7 Å². The van der Waals surface area contributed by atoms with Crippen LogP contribution in [0.25, 0.3) is 22.6 Å². The van der Waals surface area contributed by atoms with Crippen molar-refractivity contribution in [1.29, 1.82) is 0 Å². The van der Waals surface area contributed by atoms with Gasteiger partial charge in [0.05, 0.1) is 5.56 Å². The van der Waals surface area contributed by atoms with Crippen LogP contribution in [-0.4, -0.2) is 32.0 Å². The van der Waals surface area contributed by atoms with Crippen LogP contribution >= 0.6 is 0 Å². The van der Waals surface area contributed by atoms with Gasteiger partial charge in [0.15, 0.2) is 5.65 Å². The first-order valence-electron chi connectivity index (χ1n) is 7.63. The van der Waals surface area contributed by atoms with Gasteiger partial charge in [0.1, 0.15) is 17.1 Å². The van der Waals surface area contributed by atoms with E-state index < -0.39 is 12.3 Å². The van der Waals surface area contributed by atoms with Crippen LogP contribution in [-0.2, 0) is 0 Å². The summed E-state index contributed by atoms with van der Waals surface area (Å²) in [7, 11) is 0. The SMILES string of the molecule is CC(C)n1c(-c2ccc(OC(F)(F)F)cc2)nc2cc(C(=O)O)cnc21. The maximum absolute atomic E-state index is 12.3. The fourth-order valence-corrected chi connectivity index (χ4v) is 2.60. The number of pyridine rings is 1. The van der Waals surface area contributed by atoms with Crippen LogP contribution in [0.1, 0.15) is 30.2 Å². The van der Waals surface area contributed by atoms with E-state index in [0.29, 0.717) is 22.6 Å². The molecule has 26 heavy (non-hydrogen) atoms. The number of ether oxygens (including phenoxy) is 1. The van der Waals surface area contributed by atoms with Crippen LogP contribution in [0.3, 0.4) is 0 Å². The van der Waals surface area contributed by atoms with Gasteiger partial charge in [-0.05, 0) is 44.2 Å². The van der Waals surface area contributed by atoms with Crippen molar-refractivity contribution in [2.24, 2.45) is 0 Å². The lowest BCUT2D eigenvalue weighted by Crippen LogP contribution is -2.17. The summed E-state index contributed by atoms with van der Waals surface area (Å²) in [6.07, 6.45) is -3.51. The van der Waals surface area contributed by atoms with Crippen LogP contribution in [0.15, 0.2) is 36.5 Å². The molecule has 1 aromatic carbocycles. The highest BCUT2D eigenvalue weighted by Crippen LogP contribution is 2.30. The van der Waals surface area contributed by atoms with Crippen LogP contribution < -0.4 is 4.74 Å². The van der Waals surface area contributed by atoms with Crippen LogP contribution in [0.2, 0.25) is 0 Å². The van der Waals surface area contributed by atoms with Crippen LogP contribution in [0, 0.1) is 0 Å². The van der Waals surface area contributed by atoms with Crippen molar-refractivity contribution in [2.75, 3.05) is 0 Å². The smallest absolute Gasteiger partial charge is 0.478 e. The number of hydrogen-bond acceptors (Lipinski definition) is 4. The van der Waals surface area contributed by atoms with E-state index in [9.17, 15) is 18.0 Å². The van der Waals surface area contributed by atoms with E-state index in [1.165, 1.54) is 36.5 Å². The Bertz CT molecular complexity index is 963. The number of imidazole rings is 1. The summed E-state index contributed by atoms with van der Waals surface area (Å²) in [5, 5.41) is 9.09. The number of halogens is 3. The second-order valence-electron chi connectivity index (χ2n) is 5.84. The third-order valence-electron chi connectivity index (χ3n) is 3.64. The predicted octanol–water partition coefficient (Wildman–Crippen LogP) is 4.28. The Morgan fingerprint density at radius 2 is 1.88 bits per heavy atom. The number of carboxylic acids is 1. The molecule has 9 heteroatoms. The first-order valence-corrected chi connectivity index (χ1v) is 7.63. The molecule has 3 rings (SSSR count). The van der Waals surface area contributed by atoms with Crippen molar-refractivity contribution < 1.29 is 27.8 Å². The summed E-state index contributed by atoms with van der Waals surface area (Å²) in [6.45, 7) is 3.80. The summed E-state index contributed by atoms with van der Waals surface area (Å²) >= 11 is 0. The zero-order chi connectivity index (χ0) is 19.1. The van der Waals surface area contributed by atoms with Crippen molar-refractivity contribution in [2.45, 2.75) is 26.3 Å². The largest absolute Gasteiger partial charge is 0.573 e. The van der Waals surface area contributed by atoms with Gasteiger partial charge in [-0.2, -0.15) is 0 Å². The number of aromatic carboxylic acids is 1. The number of nitrogens with zero attached hydrogens (tertiary/aromatic N) is 3. The van der Waals surface area contributed by atoms with Crippen molar-refractivity contribution >= 4 is 17.1 Å². The van der Waals surface area contributed by atoms with Crippen molar-refractivity contribution in [1.82, 2.24) is 14.5 Å². The van der Waals surface area contributed by atoms with E-state index >= 15 is 0 Å². The highest BCUT2D eigenvalue weighted by atomic mass is 19.4. The average molecular weight is 365 g/mol. The topological polar surface area (TPSA) is 77.2 Å². The fraction of sp³-hybridized carbons (Fsp3) is 0.235. The second kappa shape index (κ2) is 6.32. The monoisotopic (exact) mass is 365 g/mol. The Labute approximate surface area is 145 Å². The number of alkyl halides is 3. The van der Waals surface area contributed by atoms with Crippen LogP contribution in [0.4, 0.5) is 13.2 Å². The Balaban J connectivity index is 2.08. The number of carbonyl (C=O) groups is 1. The minimum atomic E-state index is -4.76. The van der Waals surface area contributed by atoms with E-state index in [-0.39, 0.29) is 17.4 Å². The zero-order valence-corrected chi connectivity index (χ0v) is 13.8. The fourth-order valence-electron chi connectivity index (χ4n) is 2.60. The van der Waals surface area contributed by atoms with Gasteiger partial charge in [0.25, 0.3) is 0 Å². The molecular formula is C17H14F3N3O3. The first-order chi connectivity index (χ1) is 12.2.